The maximum absolute atomic E-state index is 12.7. The Morgan fingerprint density at radius 2 is 1.75 bits per heavy atom. The van der Waals surface area contributed by atoms with E-state index < -0.39 is 18.4 Å². The molecule has 1 spiro atoms. The lowest BCUT2D eigenvalue weighted by Gasteiger charge is -2.46. The number of benzene rings is 1. The third kappa shape index (κ3) is 5.47. The second-order valence-corrected chi connectivity index (χ2v) is 11.2. The van der Waals surface area contributed by atoms with Crippen molar-refractivity contribution >= 4 is 11.8 Å². The highest BCUT2D eigenvalue weighted by atomic mass is 19.4. The van der Waals surface area contributed by atoms with Crippen LogP contribution in [0.1, 0.15) is 56.6 Å². The highest BCUT2D eigenvalue weighted by molar-refractivity contribution is 5.68. The number of nitrogens with zero attached hydrogens (tertiary/aromatic N) is 4. The SMILES string of the molecule is Cc1ccc(CN2CCN(C(=O)OC(C)C(F)(F)F)CC2)c(N2CCC3(CCCN3C3CC3)CC2)c1. The number of carbonyl (C=O) groups excluding carboxylic acids is 1. The van der Waals surface area contributed by atoms with Crippen LogP contribution in [0.25, 0.3) is 0 Å². The van der Waals surface area contributed by atoms with Gasteiger partial charge in [-0.25, -0.2) is 4.79 Å². The van der Waals surface area contributed by atoms with E-state index in [1.54, 1.807) is 0 Å². The van der Waals surface area contributed by atoms with Gasteiger partial charge in [-0.1, -0.05) is 12.1 Å². The van der Waals surface area contributed by atoms with E-state index in [0.29, 0.717) is 31.7 Å². The van der Waals surface area contributed by atoms with Crippen molar-refractivity contribution in [2.24, 2.45) is 0 Å². The lowest BCUT2D eigenvalue weighted by molar-refractivity contribution is -0.200. The van der Waals surface area contributed by atoms with Crippen LogP contribution in [0.3, 0.4) is 0 Å². The first kappa shape index (κ1) is 25.6. The lowest BCUT2D eigenvalue weighted by atomic mass is 9.84. The molecule has 1 atom stereocenters. The highest BCUT2D eigenvalue weighted by Gasteiger charge is 2.48. The van der Waals surface area contributed by atoms with Gasteiger partial charge in [0, 0.05) is 63.1 Å². The Morgan fingerprint density at radius 1 is 1.06 bits per heavy atom. The topological polar surface area (TPSA) is 39.3 Å². The number of carbonyl (C=O) groups is 1. The fourth-order valence-electron chi connectivity index (χ4n) is 6.34. The maximum atomic E-state index is 12.7. The molecule has 1 aliphatic carbocycles. The van der Waals surface area contributed by atoms with Gasteiger partial charge in [0.2, 0.25) is 0 Å². The largest absolute Gasteiger partial charge is 0.437 e. The van der Waals surface area contributed by atoms with E-state index >= 15 is 0 Å². The van der Waals surface area contributed by atoms with Crippen LogP contribution in [-0.4, -0.2) is 90.5 Å². The number of likely N-dealkylation sites (tertiary alicyclic amines) is 1. The quantitative estimate of drug-likeness (QED) is 0.572. The van der Waals surface area contributed by atoms with Crippen molar-refractivity contribution in [3.05, 3.63) is 29.3 Å². The van der Waals surface area contributed by atoms with Gasteiger partial charge in [0.05, 0.1) is 0 Å². The Balaban J connectivity index is 1.18. The normalized spacial score (nSPS) is 24.4. The number of hydrogen-bond acceptors (Lipinski definition) is 5. The minimum Gasteiger partial charge on any atom is -0.437 e. The molecule has 6 nitrogen and oxygen atoms in total. The summed E-state index contributed by atoms with van der Waals surface area (Å²) < 4.78 is 42.8. The zero-order chi connectivity index (χ0) is 25.5. The maximum Gasteiger partial charge on any atom is 0.425 e. The monoisotopic (exact) mass is 508 g/mol. The van der Waals surface area contributed by atoms with E-state index in [4.69, 9.17) is 0 Å². The molecule has 1 aromatic carbocycles. The van der Waals surface area contributed by atoms with E-state index in [2.05, 4.69) is 44.6 Å². The number of alkyl halides is 3. The molecule has 0 bridgehead atoms. The second-order valence-electron chi connectivity index (χ2n) is 11.2. The van der Waals surface area contributed by atoms with E-state index in [1.165, 1.54) is 66.8 Å². The summed E-state index contributed by atoms with van der Waals surface area (Å²) in [6.45, 7) is 9.17. The van der Waals surface area contributed by atoms with Crippen molar-refractivity contribution in [3.63, 3.8) is 0 Å². The van der Waals surface area contributed by atoms with E-state index in [0.717, 1.165) is 32.6 Å². The summed E-state index contributed by atoms with van der Waals surface area (Å²) in [6, 6.07) is 7.50. The summed E-state index contributed by atoms with van der Waals surface area (Å²) >= 11 is 0. The fraction of sp³-hybridized carbons (Fsp3) is 0.741. The van der Waals surface area contributed by atoms with E-state index in [9.17, 15) is 18.0 Å². The van der Waals surface area contributed by atoms with Crippen molar-refractivity contribution in [2.75, 3.05) is 50.7 Å². The molecule has 4 fully saturated rings. The average molecular weight is 509 g/mol. The summed E-state index contributed by atoms with van der Waals surface area (Å²) in [5.74, 6) is 0. The minimum absolute atomic E-state index is 0.369. The molecule has 4 aliphatic rings. The van der Waals surface area contributed by atoms with Gasteiger partial charge in [0.1, 0.15) is 0 Å². The first-order valence-electron chi connectivity index (χ1n) is 13.5. The minimum atomic E-state index is -4.54. The number of halogens is 3. The number of ether oxygens (including phenoxy) is 1. The Morgan fingerprint density at radius 3 is 2.39 bits per heavy atom. The molecule has 0 aromatic heterocycles. The van der Waals surface area contributed by atoms with E-state index in [1.807, 2.05) is 0 Å². The highest BCUT2D eigenvalue weighted by Crippen LogP contribution is 2.45. The molecule has 3 heterocycles. The Kier molecular flexibility index (Phi) is 7.15. The molecule has 0 N–H and O–H groups in total. The third-order valence-electron chi connectivity index (χ3n) is 8.68. The Labute approximate surface area is 212 Å². The number of hydrogen-bond donors (Lipinski definition) is 0. The molecular weight excluding hydrogens is 469 g/mol. The van der Waals surface area contributed by atoms with Gasteiger partial charge in [-0.3, -0.25) is 9.80 Å². The molecule has 3 saturated heterocycles. The summed E-state index contributed by atoms with van der Waals surface area (Å²) in [5, 5.41) is 0. The molecular formula is C27H39F3N4O2. The Hall–Kier alpha value is -2.00. The molecule has 9 heteroatoms. The fourth-order valence-corrected chi connectivity index (χ4v) is 6.34. The number of anilines is 1. The van der Waals surface area contributed by atoms with Crippen LogP contribution < -0.4 is 4.90 Å². The molecule has 1 aromatic rings. The van der Waals surface area contributed by atoms with Gasteiger partial charge in [0.15, 0.2) is 6.10 Å². The summed E-state index contributed by atoms with van der Waals surface area (Å²) in [4.78, 5) is 21.2. The molecule has 3 aliphatic heterocycles. The van der Waals surface area contributed by atoms with Crippen LogP contribution >= 0.6 is 0 Å². The zero-order valence-corrected chi connectivity index (χ0v) is 21.5. The number of rotatable bonds is 5. The lowest BCUT2D eigenvalue weighted by Crippen LogP contribution is -2.53. The summed E-state index contributed by atoms with van der Waals surface area (Å²) in [6.07, 6.45) is 0.364. The molecule has 0 radical (unpaired) electrons. The number of piperazine rings is 1. The first-order chi connectivity index (χ1) is 17.1. The predicted octanol–water partition coefficient (Wildman–Crippen LogP) is 4.80. The van der Waals surface area contributed by atoms with Crippen molar-refractivity contribution in [2.45, 2.75) is 82.8 Å². The number of piperidine rings is 1. The van der Waals surface area contributed by atoms with Gasteiger partial charge < -0.3 is 14.5 Å². The third-order valence-corrected chi connectivity index (χ3v) is 8.68. The van der Waals surface area contributed by atoms with Crippen molar-refractivity contribution in [3.8, 4) is 0 Å². The van der Waals surface area contributed by atoms with Gasteiger partial charge in [-0.2, -0.15) is 13.2 Å². The molecule has 5 rings (SSSR count). The van der Waals surface area contributed by atoms with Gasteiger partial charge in [0.25, 0.3) is 0 Å². The Bertz CT molecular complexity index is 935. The van der Waals surface area contributed by atoms with Crippen LogP contribution in [0.15, 0.2) is 18.2 Å². The van der Waals surface area contributed by atoms with Crippen LogP contribution in [0.5, 0.6) is 0 Å². The molecule has 1 unspecified atom stereocenters. The number of amides is 1. The van der Waals surface area contributed by atoms with Crippen LogP contribution in [0.2, 0.25) is 0 Å². The van der Waals surface area contributed by atoms with Crippen molar-refractivity contribution in [1.82, 2.24) is 14.7 Å². The van der Waals surface area contributed by atoms with Crippen molar-refractivity contribution < 1.29 is 22.7 Å². The summed E-state index contributed by atoms with van der Waals surface area (Å²) in [7, 11) is 0. The molecule has 1 saturated carbocycles. The summed E-state index contributed by atoms with van der Waals surface area (Å²) in [5.41, 5.74) is 4.25. The predicted molar refractivity (Wildman–Crippen MR) is 133 cm³/mol. The molecule has 1 amide bonds. The van der Waals surface area contributed by atoms with Gasteiger partial charge >= 0.3 is 12.3 Å². The molecule has 36 heavy (non-hydrogen) atoms. The average Bonchev–Trinajstić information content (AvgIpc) is 3.61. The van der Waals surface area contributed by atoms with Crippen LogP contribution in [-0.2, 0) is 11.3 Å². The second kappa shape index (κ2) is 10.0. The smallest absolute Gasteiger partial charge is 0.425 e. The van der Waals surface area contributed by atoms with Gasteiger partial charge in [-0.15, -0.1) is 0 Å². The van der Waals surface area contributed by atoms with Crippen molar-refractivity contribution in [1.29, 1.82) is 0 Å². The van der Waals surface area contributed by atoms with E-state index in [-0.39, 0.29) is 0 Å². The zero-order valence-electron chi connectivity index (χ0n) is 21.5. The number of aryl methyl sites for hydroxylation is 1. The first-order valence-corrected chi connectivity index (χ1v) is 13.5. The molecule has 200 valence electrons. The van der Waals surface area contributed by atoms with Crippen LogP contribution in [0.4, 0.5) is 23.7 Å². The van der Waals surface area contributed by atoms with Crippen LogP contribution in [0, 0.1) is 6.92 Å². The van der Waals surface area contributed by atoms with Gasteiger partial charge in [-0.05, 0) is 76.1 Å². The standard InChI is InChI=1S/C27H39F3N4O2/c1-20-4-5-22(19-31-14-16-33(17-15-31)25(35)36-21(2)27(28,29)30)24(18-20)32-12-9-26(10-13-32)8-3-11-34(26)23-6-7-23/h4-5,18,21,23H,3,6-17,19H2,1-2H3.